The van der Waals surface area contributed by atoms with Crippen LogP contribution in [-0.2, 0) is 0 Å². The molecule has 0 unspecified atom stereocenters. The van der Waals surface area contributed by atoms with E-state index in [0.717, 1.165) is 5.56 Å². The zero-order valence-electron chi connectivity index (χ0n) is 9.18. The number of benzene rings is 1. The van der Waals surface area contributed by atoms with Crippen LogP contribution in [0.2, 0.25) is 0 Å². The molecule has 0 aliphatic heterocycles. The Kier molecular flexibility index (Phi) is 2.87. The summed E-state index contributed by atoms with van der Waals surface area (Å²) in [5, 5.41) is 7.65. The van der Waals surface area contributed by atoms with Gasteiger partial charge in [-0.05, 0) is 6.07 Å². The molecule has 5 heteroatoms. The molecule has 0 amide bonds. The second kappa shape index (κ2) is 4.32. The maximum Gasteiger partial charge on any atom is 0.237 e. The molecule has 0 aliphatic carbocycles. The van der Waals surface area contributed by atoms with Crippen LogP contribution in [0.3, 0.4) is 0 Å². The Morgan fingerprint density at radius 3 is 2.69 bits per heavy atom. The van der Waals surface area contributed by atoms with Crippen LogP contribution in [0.15, 0.2) is 28.7 Å². The molecular formula is C11H13N3O2. The molecule has 0 fully saturated rings. The third-order valence-corrected chi connectivity index (χ3v) is 2.28. The van der Waals surface area contributed by atoms with E-state index in [2.05, 4.69) is 10.2 Å². The Labute approximate surface area is 93.2 Å². The number of aromatic nitrogens is 2. The highest BCUT2D eigenvalue weighted by atomic mass is 16.5. The summed E-state index contributed by atoms with van der Waals surface area (Å²) in [4.78, 5) is 0. The largest absolute Gasteiger partial charge is 0.496 e. The molecule has 2 N–H and O–H groups in total. The van der Waals surface area contributed by atoms with Gasteiger partial charge in [0, 0.05) is 12.5 Å². The number of methoxy groups -OCH3 is 1. The summed E-state index contributed by atoms with van der Waals surface area (Å²) in [5.74, 6) is 1.60. The summed E-state index contributed by atoms with van der Waals surface area (Å²) in [7, 11) is 1.60. The van der Waals surface area contributed by atoms with E-state index in [1.165, 1.54) is 0 Å². The third kappa shape index (κ3) is 1.90. The summed E-state index contributed by atoms with van der Waals surface area (Å²) in [6.45, 7) is 1.73. The van der Waals surface area contributed by atoms with Gasteiger partial charge in [-0.25, -0.2) is 0 Å². The molecular weight excluding hydrogens is 206 g/mol. The van der Waals surface area contributed by atoms with Crippen LogP contribution in [0.4, 0.5) is 0 Å². The van der Waals surface area contributed by atoms with Crippen molar-refractivity contribution in [3.63, 3.8) is 0 Å². The number of nitrogens with zero attached hydrogens (tertiary/aromatic N) is 2. The minimum Gasteiger partial charge on any atom is -0.496 e. The molecule has 1 atom stereocenters. The molecule has 1 heterocycles. The maximum atomic E-state index is 6.03. The lowest BCUT2D eigenvalue weighted by molar-refractivity contribution is 0.399. The Morgan fingerprint density at radius 1 is 1.31 bits per heavy atom. The number of aryl methyl sites for hydroxylation is 1. The average Bonchev–Trinajstić information content (AvgIpc) is 2.75. The molecule has 2 aromatic rings. The van der Waals surface area contributed by atoms with Crippen molar-refractivity contribution in [2.75, 3.05) is 7.11 Å². The summed E-state index contributed by atoms with van der Waals surface area (Å²) in [5.41, 5.74) is 6.86. The fourth-order valence-electron chi connectivity index (χ4n) is 1.49. The first kappa shape index (κ1) is 10.6. The van der Waals surface area contributed by atoms with Gasteiger partial charge in [-0.1, -0.05) is 18.2 Å². The quantitative estimate of drug-likeness (QED) is 0.845. The molecule has 1 aromatic carbocycles. The van der Waals surface area contributed by atoms with Gasteiger partial charge >= 0.3 is 0 Å². The molecule has 0 saturated heterocycles. The van der Waals surface area contributed by atoms with E-state index < -0.39 is 6.04 Å². The number of para-hydroxylation sites is 1. The van der Waals surface area contributed by atoms with Crippen molar-refractivity contribution >= 4 is 0 Å². The van der Waals surface area contributed by atoms with Crippen LogP contribution in [0.1, 0.15) is 23.4 Å². The van der Waals surface area contributed by atoms with E-state index in [9.17, 15) is 0 Å². The predicted octanol–water partition coefficient (Wildman–Crippen LogP) is 1.43. The van der Waals surface area contributed by atoms with Crippen LogP contribution >= 0.6 is 0 Å². The van der Waals surface area contributed by atoms with E-state index in [0.29, 0.717) is 17.5 Å². The lowest BCUT2D eigenvalue weighted by Crippen LogP contribution is -2.13. The highest BCUT2D eigenvalue weighted by Crippen LogP contribution is 2.26. The molecule has 0 saturated carbocycles. The van der Waals surface area contributed by atoms with Gasteiger partial charge in [0.25, 0.3) is 0 Å². The zero-order valence-corrected chi connectivity index (χ0v) is 9.18. The van der Waals surface area contributed by atoms with Crippen LogP contribution in [-0.4, -0.2) is 17.3 Å². The Balaban J connectivity index is 2.36. The van der Waals surface area contributed by atoms with E-state index in [1.54, 1.807) is 14.0 Å². The number of hydrogen-bond acceptors (Lipinski definition) is 5. The van der Waals surface area contributed by atoms with Crippen molar-refractivity contribution in [2.45, 2.75) is 13.0 Å². The molecule has 0 aliphatic rings. The molecule has 0 radical (unpaired) electrons. The van der Waals surface area contributed by atoms with Gasteiger partial charge in [0.1, 0.15) is 11.8 Å². The first-order valence-electron chi connectivity index (χ1n) is 4.91. The lowest BCUT2D eigenvalue weighted by atomic mass is 10.1. The molecule has 2 rings (SSSR count). The first-order valence-corrected chi connectivity index (χ1v) is 4.91. The van der Waals surface area contributed by atoms with Crippen LogP contribution in [0, 0.1) is 6.92 Å². The standard InChI is InChI=1S/C11H13N3O2/c1-7-13-14-11(16-7)10(12)8-5-3-4-6-9(8)15-2/h3-6,10H,12H2,1-2H3/t10-/m1/s1. The average molecular weight is 219 g/mol. The Bertz CT molecular complexity index is 482. The molecule has 0 bridgehead atoms. The van der Waals surface area contributed by atoms with Gasteiger partial charge < -0.3 is 14.9 Å². The van der Waals surface area contributed by atoms with Crippen LogP contribution < -0.4 is 10.5 Å². The van der Waals surface area contributed by atoms with Crippen molar-refractivity contribution in [1.82, 2.24) is 10.2 Å². The molecule has 84 valence electrons. The molecule has 5 nitrogen and oxygen atoms in total. The van der Waals surface area contributed by atoms with Crippen molar-refractivity contribution in [3.8, 4) is 5.75 Å². The smallest absolute Gasteiger partial charge is 0.237 e. The van der Waals surface area contributed by atoms with Gasteiger partial charge in [0.05, 0.1) is 7.11 Å². The second-order valence-electron chi connectivity index (χ2n) is 3.38. The van der Waals surface area contributed by atoms with Crippen molar-refractivity contribution < 1.29 is 9.15 Å². The summed E-state index contributed by atoms with van der Waals surface area (Å²) >= 11 is 0. The number of rotatable bonds is 3. The van der Waals surface area contributed by atoms with Crippen LogP contribution in [0.25, 0.3) is 0 Å². The number of hydrogen-bond donors (Lipinski definition) is 1. The number of nitrogens with two attached hydrogens (primary N) is 1. The minimum absolute atomic E-state index is 0.391. The highest BCUT2D eigenvalue weighted by molar-refractivity contribution is 5.37. The van der Waals surface area contributed by atoms with Crippen molar-refractivity contribution in [2.24, 2.45) is 5.73 Å². The summed E-state index contributed by atoms with van der Waals surface area (Å²) in [6.07, 6.45) is 0. The van der Waals surface area contributed by atoms with E-state index in [1.807, 2.05) is 24.3 Å². The van der Waals surface area contributed by atoms with Crippen molar-refractivity contribution in [3.05, 3.63) is 41.6 Å². The zero-order chi connectivity index (χ0) is 11.5. The normalized spacial score (nSPS) is 12.4. The lowest BCUT2D eigenvalue weighted by Gasteiger charge is -2.11. The first-order chi connectivity index (χ1) is 7.72. The monoisotopic (exact) mass is 219 g/mol. The van der Waals surface area contributed by atoms with Gasteiger partial charge in [-0.3, -0.25) is 0 Å². The Hall–Kier alpha value is -1.88. The van der Waals surface area contributed by atoms with Gasteiger partial charge in [0.2, 0.25) is 11.8 Å². The van der Waals surface area contributed by atoms with Gasteiger partial charge in [-0.2, -0.15) is 0 Å². The van der Waals surface area contributed by atoms with E-state index in [-0.39, 0.29) is 0 Å². The molecule has 16 heavy (non-hydrogen) atoms. The molecule has 0 spiro atoms. The highest BCUT2D eigenvalue weighted by Gasteiger charge is 2.18. The summed E-state index contributed by atoms with van der Waals surface area (Å²) < 4.78 is 10.5. The molecule has 1 aromatic heterocycles. The fourth-order valence-corrected chi connectivity index (χ4v) is 1.49. The number of ether oxygens (including phenoxy) is 1. The maximum absolute atomic E-state index is 6.03. The SMILES string of the molecule is COc1ccccc1[C@@H](N)c1nnc(C)o1. The van der Waals surface area contributed by atoms with Gasteiger partial charge in [0.15, 0.2) is 0 Å². The fraction of sp³-hybridized carbons (Fsp3) is 0.273. The van der Waals surface area contributed by atoms with E-state index in [4.69, 9.17) is 14.9 Å². The Morgan fingerprint density at radius 2 is 2.06 bits per heavy atom. The van der Waals surface area contributed by atoms with Crippen molar-refractivity contribution in [1.29, 1.82) is 0 Å². The van der Waals surface area contributed by atoms with Gasteiger partial charge in [-0.15, -0.1) is 10.2 Å². The third-order valence-electron chi connectivity index (χ3n) is 2.28. The minimum atomic E-state index is -0.461. The van der Waals surface area contributed by atoms with E-state index >= 15 is 0 Å². The topological polar surface area (TPSA) is 74.2 Å². The second-order valence-corrected chi connectivity index (χ2v) is 3.38. The summed E-state index contributed by atoms with van der Waals surface area (Å²) in [6, 6.07) is 7.04. The predicted molar refractivity (Wildman–Crippen MR) is 58.1 cm³/mol. The van der Waals surface area contributed by atoms with Crippen LogP contribution in [0.5, 0.6) is 5.75 Å².